The first-order valence-electron chi connectivity index (χ1n) is 7.44. The van der Waals surface area contributed by atoms with E-state index in [-0.39, 0.29) is 12.4 Å². The van der Waals surface area contributed by atoms with E-state index in [4.69, 9.17) is 0 Å². The maximum absolute atomic E-state index is 3.54. The van der Waals surface area contributed by atoms with Crippen LogP contribution in [-0.4, -0.2) is 31.1 Å². The maximum atomic E-state index is 3.54. The molecular formula is C16H23ClN2. The number of benzene rings is 1. The van der Waals surface area contributed by atoms with Gasteiger partial charge in [0.25, 0.3) is 0 Å². The SMILES string of the molecule is Cl.c1ccc2c(c1)CCCC2N1C[C@H]2CNC[C@H]2C1. The Morgan fingerprint density at radius 1 is 1.05 bits per heavy atom. The van der Waals surface area contributed by atoms with E-state index in [1.54, 1.807) is 11.1 Å². The predicted molar refractivity (Wildman–Crippen MR) is 80.8 cm³/mol. The first-order valence-corrected chi connectivity index (χ1v) is 7.44. The Labute approximate surface area is 122 Å². The van der Waals surface area contributed by atoms with E-state index in [9.17, 15) is 0 Å². The van der Waals surface area contributed by atoms with Crippen molar-refractivity contribution in [3.63, 3.8) is 0 Å². The highest BCUT2D eigenvalue weighted by Gasteiger charge is 2.39. The van der Waals surface area contributed by atoms with Crippen LogP contribution in [0.2, 0.25) is 0 Å². The highest BCUT2D eigenvalue weighted by molar-refractivity contribution is 5.85. The number of hydrogen-bond donors (Lipinski definition) is 1. The Bertz CT molecular complexity index is 436. The number of nitrogens with one attached hydrogen (secondary N) is 1. The zero-order valence-corrected chi connectivity index (χ0v) is 12.2. The Morgan fingerprint density at radius 2 is 1.79 bits per heavy atom. The molecule has 0 aromatic heterocycles. The topological polar surface area (TPSA) is 15.3 Å². The van der Waals surface area contributed by atoms with E-state index in [1.165, 1.54) is 45.4 Å². The maximum Gasteiger partial charge on any atom is 0.0351 e. The molecule has 3 aliphatic rings. The quantitative estimate of drug-likeness (QED) is 0.850. The molecule has 1 aromatic carbocycles. The van der Waals surface area contributed by atoms with E-state index in [1.807, 2.05) is 0 Å². The molecule has 2 heterocycles. The zero-order chi connectivity index (χ0) is 11.9. The Balaban J connectivity index is 0.00000110. The minimum Gasteiger partial charge on any atom is -0.316 e. The molecule has 0 spiro atoms. The van der Waals surface area contributed by atoms with Crippen LogP contribution in [0, 0.1) is 11.8 Å². The largest absolute Gasteiger partial charge is 0.316 e. The van der Waals surface area contributed by atoms with Gasteiger partial charge in [-0.3, -0.25) is 4.90 Å². The van der Waals surface area contributed by atoms with Gasteiger partial charge in [0, 0.05) is 19.1 Å². The van der Waals surface area contributed by atoms with E-state index < -0.39 is 0 Å². The Morgan fingerprint density at radius 3 is 2.58 bits per heavy atom. The van der Waals surface area contributed by atoms with Crippen molar-refractivity contribution in [1.82, 2.24) is 10.2 Å². The molecule has 4 rings (SSSR count). The summed E-state index contributed by atoms with van der Waals surface area (Å²) >= 11 is 0. The van der Waals surface area contributed by atoms with Crippen LogP contribution in [-0.2, 0) is 6.42 Å². The van der Waals surface area contributed by atoms with Crippen molar-refractivity contribution < 1.29 is 0 Å². The summed E-state index contributed by atoms with van der Waals surface area (Å²) in [6.07, 6.45) is 4.02. The van der Waals surface area contributed by atoms with Crippen LogP contribution in [0.5, 0.6) is 0 Å². The first-order chi connectivity index (χ1) is 8.92. The Hall–Kier alpha value is -0.570. The van der Waals surface area contributed by atoms with Crippen molar-refractivity contribution in [2.75, 3.05) is 26.2 Å². The monoisotopic (exact) mass is 278 g/mol. The summed E-state index contributed by atoms with van der Waals surface area (Å²) < 4.78 is 0. The second kappa shape index (κ2) is 5.43. The van der Waals surface area contributed by atoms with Gasteiger partial charge in [0.05, 0.1) is 0 Å². The van der Waals surface area contributed by atoms with Gasteiger partial charge in [-0.1, -0.05) is 24.3 Å². The van der Waals surface area contributed by atoms with E-state index in [0.29, 0.717) is 6.04 Å². The van der Waals surface area contributed by atoms with Crippen LogP contribution in [0.25, 0.3) is 0 Å². The van der Waals surface area contributed by atoms with Crippen molar-refractivity contribution in [3.05, 3.63) is 35.4 Å². The van der Waals surface area contributed by atoms with Gasteiger partial charge in [-0.15, -0.1) is 12.4 Å². The highest BCUT2D eigenvalue weighted by Crippen LogP contribution is 2.39. The van der Waals surface area contributed by atoms with Crippen LogP contribution in [0.15, 0.2) is 24.3 Å². The molecule has 3 atom stereocenters. The number of nitrogens with zero attached hydrogens (tertiary/aromatic N) is 1. The summed E-state index contributed by atoms with van der Waals surface area (Å²) in [6, 6.07) is 9.82. The molecule has 0 amide bonds. The first kappa shape index (κ1) is 13.4. The standard InChI is InChI=1S/C16H22N2.ClH/c1-2-6-15-12(4-1)5-3-7-16(15)18-10-13-8-17-9-14(13)11-18;/h1-2,4,6,13-14,16-17H,3,5,7-11H2;1H/t13-,14+,16?;. The summed E-state index contributed by atoms with van der Waals surface area (Å²) in [5.41, 5.74) is 3.22. The van der Waals surface area contributed by atoms with Gasteiger partial charge in [-0.05, 0) is 55.3 Å². The van der Waals surface area contributed by atoms with Gasteiger partial charge in [-0.2, -0.15) is 0 Å². The number of rotatable bonds is 1. The van der Waals surface area contributed by atoms with E-state index in [2.05, 4.69) is 34.5 Å². The molecule has 2 fully saturated rings. The number of halogens is 1. The lowest BCUT2D eigenvalue weighted by Crippen LogP contribution is -2.32. The molecule has 0 bridgehead atoms. The van der Waals surface area contributed by atoms with Gasteiger partial charge in [0.2, 0.25) is 0 Å². The van der Waals surface area contributed by atoms with Gasteiger partial charge in [-0.25, -0.2) is 0 Å². The molecule has 1 aliphatic carbocycles. The van der Waals surface area contributed by atoms with Crippen molar-refractivity contribution in [2.24, 2.45) is 11.8 Å². The summed E-state index contributed by atoms with van der Waals surface area (Å²) in [5, 5.41) is 3.54. The van der Waals surface area contributed by atoms with E-state index in [0.717, 1.165) is 11.8 Å². The van der Waals surface area contributed by atoms with Gasteiger partial charge in [0.15, 0.2) is 0 Å². The Kier molecular flexibility index (Phi) is 3.84. The molecule has 1 unspecified atom stereocenters. The van der Waals surface area contributed by atoms with E-state index >= 15 is 0 Å². The normalized spacial score (nSPS) is 33.6. The molecule has 0 saturated carbocycles. The van der Waals surface area contributed by atoms with Crippen LogP contribution in [0.1, 0.15) is 30.0 Å². The molecule has 1 aromatic rings. The average molecular weight is 279 g/mol. The van der Waals surface area contributed by atoms with Crippen molar-refractivity contribution >= 4 is 12.4 Å². The average Bonchev–Trinajstić information content (AvgIpc) is 2.99. The minimum absolute atomic E-state index is 0. The van der Waals surface area contributed by atoms with Crippen LogP contribution >= 0.6 is 12.4 Å². The molecule has 2 aliphatic heterocycles. The lowest BCUT2D eigenvalue weighted by molar-refractivity contribution is 0.206. The fourth-order valence-corrected chi connectivity index (χ4v) is 4.25. The number of hydrogen-bond acceptors (Lipinski definition) is 2. The van der Waals surface area contributed by atoms with Crippen molar-refractivity contribution in [1.29, 1.82) is 0 Å². The third kappa shape index (κ3) is 2.31. The van der Waals surface area contributed by atoms with Gasteiger partial charge >= 0.3 is 0 Å². The molecule has 1 N–H and O–H groups in total. The lowest BCUT2D eigenvalue weighted by atomic mass is 9.87. The van der Waals surface area contributed by atoms with Crippen LogP contribution < -0.4 is 5.32 Å². The van der Waals surface area contributed by atoms with Gasteiger partial charge in [0.1, 0.15) is 0 Å². The van der Waals surface area contributed by atoms with Crippen molar-refractivity contribution in [2.45, 2.75) is 25.3 Å². The summed E-state index contributed by atoms with van der Waals surface area (Å²) in [4.78, 5) is 2.77. The lowest BCUT2D eigenvalue weighted by Gasteiger charge is -2.33. The third-order valence-corrected chi connectivity index (χ3v) is 5.20. The fraction of sp³-hybridized carbons (Fsp3) is 0.625. The molecule has 104 valence electrons. The highest BCUT2D eigenvalue weighted by atomic mass is 35.5. The summed E-state index contributed by atoms with van der Waals surface area (Å²) in [7, 11) is 0. The number of aryl methyl sites for hydroxylation is 1. The second-order valence-corrected chi connectivity index (χ2v) is 6.24. The second-order valence-electron chi connectivity index (χ2n) is 6.24. The molecule has 19 heavy (non-hydrogen) atoms. The molecule has 2 saturated heterocycles. The summed E-state index contributed by atoms with van der Waals surface area (Å²) in [5.74, 6) is 1.83. The predicted octanol–water partition coefficient (Wildman–Crippen LogP) is 2.64. The van der Waals surface area contributed by atoms with Crippen molar-refractivity contribution in [3.8, 4) is 0 Å². The number of fused-ring (bicyclic) bond motifs is 2. The smallest absolute Gasteiger partial charge is 0.0351 e. The summed E-state index contributed by atoms with van der Waals surface area (Å²) in [6.45, 7) is 5.12. The molecule has 3 heteroatoms. The van der Waals surface area contributed by atoms with Crippen LogP contribution in [0.3, 0.4) is 0 Å². The molecule has 0 radical (unpaired) electrons. The minimum atomic E-state index is 0. The number of likely N-dealkylation sites (tertiary alicyclic amines) is 1. The van der Waals surface area contributed by atoms with Crippen LogP contribution in [0.4, 0.5) is 0 Å². The third-order valence-electron chi connectivity index (χ3n) is 5.20. The van der Waals surface area contributed by atoms with Gasteiger partial charge < -0.3 is 5.32 Å². The molecular weight excluding hydrogens is 256 g/mol. The fourth-order valence-electron chi connectivity index (χ4n) is 4.25. The molecule has 2 nitrogen and oxygen atoms in total. The zero-order valence-electron chi connectivity index (χ0n) is 11.3.